The molecule has 1 unspecified atom stereocenters. The first-order valence-corrected chi connectivity index (χ1v) is 10.3. The lowest BCUT2D eigenvalue weighted by Crippen LogP contribution is -2.20. The summed E-state index contributed by atoms with van der Waals surface area (Å²) in [7, 11) is 0. The van der Waals surface area contributed by atoms with E-state index >= 15 is 0 Å². The Balaban J connectivity index is 1.67. The lowest BCUT2D eigenvalue weighted by Gasteiger charge is -2.22. The first-order valence-electron chi connectivity index (χ1n) is 9.37. The van der Waals surface area contributed by atoms with Crippen molar-refractivity contribution in [3.63, 3.8) is 0 Å². The van der Waals surface area contributed by atoms with Crippen LogP contribution in [0.2, 0.25) is 0 Å². The van der Waals surface area contributed by atoms with Crippen molar-refractivity contribution in [1.82, 2.24) is 14.6 Å². The molecule has 140 valence electrons. The summed E-state index contributed by atoms with van der Waals surface area (Å²) in [6.07, 6.45) is 3.80. The number of rotatable bonds is 3. The minimum absolute atomic E-state index is 0.117. The number of thiophene rings is 1. The highest BCUT2D eigenvalue weighted by molar-refractivity contribution is 7.10. The molecule has 0 amide bonds. The molecule has 6 heteroatoms. The number of carbonyl (C=O) groups excluding carboxylic acids is 1. The van der Waals surface area contributed by atoms with E-state index in [1.165, 1.54) is 17.0 Å². The number of hydrogen-bond donors (Lipinski definition) is 0. The van der Waals surface area contributed by atoms with Crippen LogP contribution in [0, 0.1) is 5.82 Å². The fourth-order valence-electron chi connectivity index (χ4n) is 3.97. The highest BCUT2D eigenvalue weighted by Crippen LogP contribution is 2.36. The predicted molar refractivity (Wildman–Crippen MR) is 107 cm³/mol. The second-order valence-electron chi connectivity index (χ2n) is 7.10. The number of carbonyl (C=O) groups is 1. The van der Waals surface area contributed by atoms with Gasteiger partial charge in [0, 0.05) is 29.0 Å². The summed E-state index contributed by atoms with van der Waals surface area (Å²) >= 11 is 1.69. The van der Waals surface area contributed by atoms with Gasteiger partial charge in [0.05, 0.1) is 17.0 Å². The summed E-state index contributed by atoms with van der Waals surface area (Å²) in [5, 5.41) is 6.70. The molecule has 3 aromatic heterocycles. The van der Waals surface area contributed by atoms with Gasteiger partial charge in [0.1, 0.15) is 5.82 Å². The van der Waals surface area contributed by atoms with Gasteiger partial charge < -0.3 is 0 Å². The molecule has 0 radical (unpaired) electrons. The summed E-state index contributed by atoms with van der Waals surface area (Å²) in [6.45, 7) is 2.03. The van der Waals surface area contributed by atoms with Crippen LogP contribution in [-0.2, 0) is 12.8 Å². The molecule has 5 rings (SSSR count). The van der Waals surface area contributed by atoms with E-state index in [1.807, 2.05) is 24.6 Å². The molecule has 1 atom stereocenters. The Morgan fingerprint density at radius 2 is 2.04 bits per heavy atom. The zero-order valence-electron chi connectivity index (χ0n) is 15.4. The largest absolute Gasteiger partial charge is 0.294 e. The van der Waals surface area contributed by atoms with Crippen molar-refractivity contribution in [3.05, 3.63) is 75.6 Å². The molecule has 4 aromatic rings. The second kappa shape index (κ2) is 6.63. The Kier molecular flexibility index (Phi) is 4.09. The maximum absolute atomic E-state index is 13.4. The number of Topliss-reactive ketones (excluding diaryl/α,β-unsaturated/α-hetero) is 1. The fraction of sp³-hybridized carbons (Fsp3) is 0.227. The molecule has 0 bridgehead atoms. The maximum Gasteiger partial charge on any atom is 0.166 e. The Hall–Kier alpha value is -2.86. The average molecular weight is 391 g/mol. The van der Waals surface area contributed by atoms with Crippen LogP contribution in [0.5, 0.6) is 0 Å². The third-order valence-corrected chi connectivity index (χ3v) is 6.38. The van der Waals surface area contributed by atoms with Gasteiger partial charge in [-0.2, -0.15) is 5.10 Å². The van der Waals surface area contributed by atoms with E-state index in [1.54, 1.807) is 28.0 Å². The molecular weight excluding hydrogens is 373 g/mol. The molecule has 28 heavy (non-hydrogen) atoms. The molecule has 1 aromatic carbocycles. The van der Waals surface area contributed by atoms with Crippen LogP contribution >= 0.6 is 11.3 Å². The quantitative estimate of drug-likeness (QED) is 0.490. The summed E-state index contributed by atoms with van der Waals surface area (Å²) < 4.78 is 15.1. The number of hydrogen-bond acceptors (Lipinski definition) is 4. The SMILES string of the molecule is CCc1nn2cc3c(nc2c1-c1ccc(F)cc1)CC(c1cccs1)CC3=O. The van der Waals surface area contributed by atoms with Crippen LogP contribution in [0.1, 0.15) is 45.9 Å². The van der Waals surface area contributed by atoms with Crippen molar-refractivity contribution in [3.8, 4) is 11.1 Å². The summed E-state index contributed by atoms with van der Waals surface area (Å²) in [6, 6.07) is 10.5. The van der Waals surface area contributed by atoms with Crippen molar-refractivity contribution in [2.24, 2.45) is 0 Å². The number of fused-ring (bicyclic) bond motifs is 2. The van der Waals surface area contributed by atoms with E-state index in [0.29, 0.717) is 12.0 Å². The van der Waals surface area contributed by atoms with E-state index in [2.05, 4.69) is 11.2 Å². The smallest absolute Gasteiger partial charge is 0.166 e. The van der Waals surface area contributed by atoms with Gasteiger partial charge in [-0.3, -0.25) is 4.79 Å². The van der Waals surface area contributed by atoms with Crippen LogP contribution in [0.25, 0.3) is 16.8 Å². The maximum atomic E-state index is 13.4. The number of benzene rings is 1. The molecule has 1 aliphatic carbocycles. The number of aryl methyl sites for hydroxylation is 1. The van der Waals surface area contributed by atoms with Crippen molar-refractivity contribution in [1.29, 1.82) is 0 Å². The van der Waals surface area contributed by atoms with Crippen molar-refractivity contribution in [2.75, 3.05) is 0 Å². The van der Waals surface area contributed by atoms with E-state index < -0.39 is 0 Å². The van der Waals surface area contributed by atoms with Gasteiger partial charge in [-0.05, 0) is 42.0 Å². The molecule has 0 saturated heterocycles. The molecule has 0 fully saturated rings. The first kappa shape index (κ1) is 17.3. The van der Waals surface area contributed by atoms with Crippen LogP contribution in [0.15, 0.2) is 48.0 Å². The highest BCUT2D eigenvalue weighted by Gasteiger charge is 2.29. The van der Waals surface area contributed by atoms with Crippen LogP contribution in [-0.4, -0.2) is 20.4 Å². The van der Waals surface area contributed by atoms with Gasteiger partial charge in [-0.1, -0.05) is 25.1 Å². The van der Waals surface area contributed by atoms with Crippen molar-refractivity contribution >= 4 is 22.8 Å². The minimum atomic E-state index is -0.270. The van der Waals surface area contributed by atoms with Gasteiger partial charge in [-0.25, -0.2) is 13.9 Å². The monoisotopic (exact) mass is 391 g/mol. The van der Waals surface area contributed by atoms with E-state index in [9.17, 15) is 9.18 Å². The minimum Gasteiger partial charge on any atom is -0.294 e. The van der Waals surface area contributed by atoms with Gasteiger partial charge in [-0.15, -0.1) is 11.3 Å². The Morgan fingerprint density at radius 1 is 1.21 bits per heavy atom. The summed E-state index contributed by atoms with van der Waals surface area (Å²) in [5.74, 6) is 0.0247. The third kappa shape index (κ3) is 2.76. The highest BCUT2D eigenvalue weighted by atomic mass is 32.1. The summed E-state index contributed by atoms with van der Waals surface area (Å²) in [5.41, 5.74) is 4.91. The number of aromatic nitrogens is 3. The Bertz CT molecular complexity index is 1180. The lowest BCUT2D eigenvalue weighted by atomic mass is 9.85. The molecule has 0 aliphatic heterocycles. The van der Waals surface area contributed by atoms with Gasteiger partial charge >= 0.3 is 0 Å². The van der Waals surface area contributed by atoms with Gasteiger partial charge in [0.25, 0.3) is 0 Å². The standard InChI is InChI=1S/C22H18FN3OS/c1-2-17-21(13-5-7-15(23)8-6-13)22-24-18-10-14(20-4-3-9-28-20)11-19(27)16(18)12-26(22)25-17/h3-9,12,14H,2,10-11H2,1H3. The molecule has 3 heterocycles. The van der Waals surface area contributed by atoms with Crippen LogP contribution in [0.4, 0.5) is 4.39 Å². The summed E-state index contributed by atoms with van der Waals surface area (Å²) in [4.78, 5) is 18.9. The fourth-order valence-corrected chi connectivity index (χ4v) is 4.80. The molecule has 0 saturated carbocycles. The number of ketones is 1. The topological polar surface area (TPSA) is 47.3 Å². The zero-order chi connectivity index (χ0) is 19.3. The first-order chi connectivity index (χ1) is 13.6. The number of halogens is 1. The van der Waals surface area contributed by atoms with Gasteiger partial charge in [0.2, 0.25) is 0 Å². The predicted octanol–water partition coefficient (Wildman–Crippen LogP) is 5.07. The molecular formula is C22H18FN3OS. The van der Waals surface area contributed by atoms with Crippen molar-refractivity contribution in [2.45, 2.75) is 32.1 Å². The number of nitrogens with zero attached hydrogens (tertiary/aromatic N) is 3. The lowest BCUT2D eigenvalue weighted by molar-refractivity contribution is 0.0963. The molecule has 0 spiro atoms. The molecule has 4 nitrogen and oxygen atoms in total. The van der Waals surface area contributed by atoms with E-state index in [0.717, 1.165) is 41.0 Å². The second-order valence-corrected chi connectivity index (χ2v) is 8.07. The van der Waals surface area contributed by atoms with Crippen LogP contribution in [0.3, 0.4) is 0 Å². The van der Waals surface area contributed by atoms with Gasteiger partial charge in [0.15, 0.2) is 11.4 Å². The van der Waals surface area contributed by atoms with E-state index in [-0.39, 0.29) is 17.5 Å². The van der Waals surface area contributed by atoms with Crippen molar-refractivity contribution < 1.29 is 9.18 Å². The van der Waals surface area contributed by atoms with Crippen LogP contribution < -0.4 is 0 Å². The van der Waals surface area contributed by atoms with E-state index in [4.69, 9.17) is 4.98 Å². The molecule has 0 N–H and O–H groups in total. The Morgan fingerprint density at radius 3 is 2.75 bits per heavy atom. The average Bonchev–Trinajstić information content (AvgIpc) is 3.35. The third-order valence-electron chi connectivity index (χ3n) is 5.35. The Labute approximate surface area is 165 Å². The normalized spacial score (nSPS) is 16.5. The zero-order valence-corrected chi connectivity index (χ0v) is 16.2. The molecule has 1 aliphatic rings.